The highest BCUT2D eigenvalue weighted by Gasteiger charge is 2.35. The van der Waals surface area contributed by atoms with Crippen LogP contribution in [-0.2, 0) is 0 Å². The van der Waals surface area contributed by atoms with Crippen molar-refractivity contribution in [2.24, 2.45) is 0 Å². The van der Waals surface area contributed by atoms with Gasteiger partial charge in [-0.2, -0.15) is 0 Å². The summed E-state index contributed by atoms with van der Waals surface area (Å²) in [7, 11) is 0. The van der Waals surface area contributed by atoms with Crippen LogP contribution in [0.1, 0.15) is 36.0 Å². The Bertz CT molecular complexity index is 619. The molecule has 1 fully saturated rings. The van der Waals surface area contributed by atoms with Gasteiger partial charge in [0, 0.05) is 23.1 Å². The van der Waals surface area contributed by atoms with E-state index in [2.05, 4.69) is 31.5 Å². The first-order chi connectivity index (χ1) is 11.8. The van der Waals surface area contributed by atoms with Crippen molar-refractivity contribution in [2.45, 2.75) is 35.6 Å². The van der Waals surface area contributed by atoms with Crippen LogP contribution in [0.25, 0.3) is 0 Å². The molecule has 2 rings (SSSR count). The number of hydrogen-bond acceptors (Lipinski definition) is 2. The Labute approximate surface area is 176 Å². The molecule has 1 aromatic carbocycles. The van der Waals surface area contributed by atoms with Gasteiger partial charge in [-0.3, -0.25) is 4.79 Å². The first-order valence-corrected chi connectivity index (χ1v) is 10.3. The van der Waals surface area contributed by atoms with E-state index in [1.165, 1.54) is 12.8 Å². The lowest BCUT2D eigenvalue weighted by Crippen LogP contribution is -2.58. The summed E-state index contributed by atoms with van der Waals surface area (Å²) in [6.07, 6.45) is 3.58. The predicted molar refractivity (Wildman–Crippen MR) is 111 cm³/mol. The third-order valence-corrected chi connectivity index (χ3v) is 5.37. The summed E-state index contributed by atoms with van der Waals surface area (Å²) in [6.45, 7) is 1.72. The molecule has 0 spiro atoms. The number of halogens is 4. The van der Waals surface area contributed by atoms with Gasteiger partial charge in [-0.15, -0.1) is 0 Å². The average Bonchev–Trinajstić information content (AvgIpc) is 2.82. The summed E-state index contributed by atoms with van der Waals surface area (Å²) >= 11 is 26.9. The molecule has 1 aliphatic rings. The fraction of sp³-hybridized carbons (Fsp3) is 0.500. The van der Waals surface area contributed by atoms with E-state index in [0.29, 0.717) is 10.7 Å². The molecule has 1 heterocycles. The monoisotopic (exact) mass is 485 g/mol. The van der Waals surface area contributed by atoms with Gasteiger partial charge >= 0.3 is 0 Å². The van der Waals surface area contributed by atoms with Crippen LogP contribution < -0.4 is 10.6 Å². The fourth-order valence-corrected chi connectivity index (χ4v) is 3.56. The molecule has 4 nitrogen and oxygen atoms in total. The quantitative estimate of drug-likeness (QED) is 0.371. The van der Waals surface area contributed by atoms with Crippen LogP contribution in [0.4, 0.5) is 0 Å². The van der Waals surface area contributed by atoms with Crippen molar-refractivity contribution >= 4 is 74.0 Å². The van der Waals surface area contributed by atoms with E-state index in [1.807, 2.05) is 6.07 Å². The van der Waals surface area contributed by atoms with Crippen LogP contribution in [0.2, 0.25) is 0 Å². The van der Waals surface area contributed by atoms with Gasteiger partial charge in [0.15, 0.2) is 5.11 Å². The van der Waals surface area contributed by atoms with Crippen molar-refractivity contribution in [1.82, 2.24) is 15.5 Å². The standard InChI is InChI=1S/C16H19BrCl3N3OS/c17-12-7-5-6-11(10-12)13(24)21-14(16(18,19)20)22-15(25)23-8-3-1-2-4-9-23/h5-7,10,14H,1-4,8-9H2,(H,21,24)(H,22,25)/t14-/m1/s1. The van der Waals surface area contributed by atoms with Gasteiger partial charge in [-0.25, -0.2) is 0 Å². The van der Waals surface area contributed by atoms with Gasteiger partial charge in [-0.1, -0.05) is 69.6 Å². The van der Waals surface area contributed by atoms with Crippen LogP contribution in [0.3, 0.4) is 0 Å². The Balaban J connectivity index is 2.05. The van der Waals surface area contributed by atoms with Crippen molar-refractivity contribution < 1.29 is 4.79 Å². The Morgan fingerprint density at radius 2 is 1.80 bits per heavy atom. The van der Waals surface area contributed by atoms with Crippen molar-refractivity contribution in [3.63, 3.8) is 0 Å². The largest absolute Gasteiger partial charge is 0.349 e. The summed E-state index contributed by atoms with van der Waals surface area (Å²) in [4.78, 5) is 14.5. The number of nitrogens with zero attached hydrogens (tertiary/aromatic N) is 1. The molecule has 9 heteroatoms. The van der Waals surface area contributed by atoms with Crippen LogP contribution in [0, 0.1) is 0 Å². The maximum absolute atomic E-state index is 12.5. The number of rotatable bonds is 3. The fourth-order valence-electron chi connectivity index (χ4n) is 2.53. The van der Waals surface area contributed by atoms with Gasteiger partial charge in [0.1, 0.15) is 6.17 Å². The number of carbonyl (C=O) groups is 1. The van der Waals surface area contributed by atoms with Crippen molar-refractivity contribution in [1.29, 1.82) is 0 Å². The summed E-state index contributed by atoms with van der Waals surface area (Å²) in [6, 6.07) is 6.97. The number of amides is 1. The first kappa shape index (κ1) is 21.0. The molecule has 0 aliphatic carbocycles. The SMILES string of the molecule is O=C(N[C@H](NC(=S)N1CCCCCC1)C(Cl)(Cl)Cl)c1cccc(Br)c1. The molecule has 25 heavy (non-hydrogen) atoms. The molecule has 2 N–H and O–H groups in total. The molecular weight excluding hydrogens is 469 g/mol. The second kappa shape index (κ2) is 9.60. The van der Waals surface area contributed by atoms with E-state index in [-0.39, 0.29) is 5.91 Å². The molecule has 0 aromatic heterocycles. The van der Waals surface area contributed by atoms with E-state index in [0.717, 1.165) is 30.4 Å². The lowest BCUT2D eigenvalue weighted by Gasteiger charge is -2.31. The lowest BCUT2D eigenvalue weighted by molar-refractivity contribution is 0.0933. The number of alkyl halides is 3. The zero-order valence-corrected chi connectivity index (χ0v) is 18.1. The van der Waals surface area contributed by atoms with Crippen molar-refractivity contribution in [3.05, 3.63) is 34.3 Å². The number of hydrogen-bond donors (Lipinski definition) is 2. The maximum atomic E-state index is 12.5. The van der Waals surface area contributed by atoms with Gasteiger partial charge in [0.2, 0.25) is 3.79 Å². The first-order valence-electron chi connectivity index (χ1n) is 7.96. The Morgan fingerprint density at radius 3 is 2.36 bits per heavy atom. The minimum Gasteiger partial charge on any atom is -0.349 e. The van der Waals surface area contributed by atoms with E-state index in [9.17, 15) is 4.79 Å². The Hall–Kier alpha value is -0.270. The summed E-state index contributed by atoms with van der Waals surface area (Å²) in [5.74, 6) is -0.358. The third-order valence-electron chi connectivity index (χ3n) is 3.85. The minimum atomic E-state index is -1.75. The average molecular weight is 488 g/mol. The van der Waals surface area contributed by atoms with Crippen LogP contribution in [0.5, 0.6) is 0 Å². The number of thiocarbonyl (C=S) groups is 1. The van der Waals surface area contributed by atoms with E-state index in [1.54, 1.807) is 18.2 Å². The van der Waals surface area contributed by atoms with E-state index < -0.39 is 9.96 Å². The molecule has 138 valence electrons. The summed E-state index contributed by atoms with van der Waals surface area (Å²) < 4.78 is -0.962. The maximum Gasteiger partial charge on any atom is 0.253 e. The molecule has 1 saturated heterocycles. The normalized spacial score (nSPS) is 16.7. The second-order valence-electron chi connectivity index (χ2n) is 5.81. The predicted octanol–water partition coefficient (Wildman–Crippen LogP) is 4.63. The third kappa shape index (κ3) is 6.75. The van der Waals surface area contributed by atoms with Gasteiger partial charge in [-0.05, 0) is 43.3 Å². The van der Waals surface area contributed by atoms with Gasteiger partial charge in [0.05, 0.1) is 0 Å². The molecule has 0 bridgehead atoms. The summed E-state index contributed by atoms with van der Waals surface area (Å²) in [5.41, 5.74) is 0.455. The molecule has 0 radical (unpaired) electrons. The number of nitrogens with one attached hydrogen (secondary N) is 2. The molecule has 1 atom stereocenters. The Kier molecular flexibility index (Phi) is 8.08. The van der Waals surface area contributed by atoms with Crippen molar-refractivity contribution in [2.75, 3.05) is 13.1 Å². The lowest BCUT2D eigenvalue weighted by atomic mass is 10.2. The second-order valence-corrected chi connectivity index (χ2v) is 9.48. The van der Waals surface area contributed by atoms with Crippen LogP contribution in [0.15, 0.2) is 28.7 Å². The van der Waals surface area contributed by atoms with Gasteiger partial charge in [0.25, 0.3) is 5.91 Å². The number of likely N-dealkylation sites (tertiary alicyclic amines) is 1. The molecule has 1 aromatic rings. The zero-order valence-electron chi connectivity index (χ0n) is 13.4. The highest BCUT2D eigenvalue weighted by atomic mass is 79.9. The molecule has 1 aliphatic heterocycles. The highest BCUT2D eigenvalue weighted by molar-refractivity contribution is 9.10. The Morgan fingerprint density at radius 1 is 1.16 bits per heavy atom. The van der Waals surface area contributed by atoms with E-state index >= 15 is 0 Å². The molecule has 0 unspecified atom stereocenters. The smallest absolute Gasteiger partial charge is 0.253 e. The van der Waals surface area contributed by atoms with Gasteiger partial charge < -0.3 is 15.5 Å². The van der Waals surface area contributed by atoms with Crippen LogP contribution >= 0.6 is 63.0 Å². The minimum absolute atomic E-state index is 0.358. The molecular formula is C16H19BrCl3N3OS. The molecule has 1 amide bonds. The topological polar surface area (TPSA) is 44.4 Å². The number of carbonyl (C=O) groups excluding carboxylic acids is 1. The summed E-state index contributed by atoms with van der Waals surface area (Å²) in [5, 5.41) is 6.17. The molecule has 0 saturated carbocycles. The van der Waals surface area contributed by atoms with Crippen LogP contribution in [-0.4, -0.2) is 39.0 Å². The van der Waals surface area contributed by atoms with E-state index in [4.69, 9.17) is 47.0 Å². The van der Waals surface area contributed by atoms with Crippen molar-refractivity contribution in [3.8, 4) is 0 Å². The zero-order chi connectivity index (χ0) is 18.4. The number of benzene rings is 1. The highest BCUT2D eigenvalue weighted by Crippen LogP contribution is 2.29.